The Morgan fingerprint density at radius 2 is 0.966 bits per heavy atom. The van der Waals surface area contributed by atoms with Crippen molar-refractivity contribution in [1.82, 2.24) is 0 Å². The van der Waals surface area contributed by atoms with Crippen molar-refractivity contribution < 1.29 is 63.9 Å². The Labute approximate surface area is 699 Å². The summed E-state index contributed by atoms with van der Waals surface area (Å²) in [6, 6.07) is 30.9. The number of phenolic OH excluding ortho intramolecular Hbond substituents is 3. The molecule has 4 aliphatic carbocycles. The SMILES string of the molecule is C=C(C)[C@@H]1CC[C@](C)(O)[C@H]2Oc3cc(CCCCC)cc(O)c3[C@@H]12.CCCCCc1cc(O)c2c(c1)O[C@]1(C)CCC3[C@@H]1[C@@H]2C3(C)C.CCCCCc1cc2c3c(c1)O[C@@]1(C)CC[C@@H]([C@@H]3C1)C(C)(C)O2.CCCCc1cc(O)c2c(c1)OC(C)(C)c1ccc(C)cc1-2.CCCCc1cc2c(c(O)c1C(=O)O)-c1cc(C)ccc1C(C)(C)O2. The largest absolute Gasteiger partial charge is 0.508 e. The van der Waals surface area contributed by atoms with E-state index in [9.17, 15) is 35.4 Å². The molecule has 0 spiro atoms. The van der Waals surface area contributed by atoms with Crippen LogP contribution >= 0.6 is 0 Å². The Morgan fingerprint density at radius 3 is 1.52 bits per heavy atom. The van der Waals surface area contributed by atoms with Gasteiger partial charge in [-0.1, -0.05) is 160 Å². The normalized spacial score (nSPS) is 25.8. The monoisotopic (exact) mass is 1600 g/mol. The Hall–Kier alpha value is -8.29. The number of aromatic carboxylic acids is 1. The second-order valence-electron chi connectivity index (χ2n) is 39.4. The van der Waals surface area contributed by atoms with Gasteiger partial charge < -0.3 is 59.1 Å². The van der Waals surface area contributed by atoms with Crippen LogP contribution in [0.3, 0.4) is 0 Å². The topological polar surface area (TPSA) is 194 Å². The fourth-order valence-corrected chi connectivity index (χ4v) is 22.3. The van der Waals surface area contributed by atoms with Crippen LogP contribution in [0.2, 0.25) is 0 Å². The lowest BCUT2D eigenvalue weighted by atomic mass is 9.45. The third-order valence-electron chi connectivity index (χ3n) is 28.5. The number of benzene rings is 7. The molecule has 13 heteroatoms. The molecule has 6 N–H and O–H groups in total. The van der Waals surface area contributed by atoms with Crippen molar-refractivity contribution in [3.8, 4) is 79.7 Å². The molecule has 7 aromatic rings. The maximum atomic E-state index is 11.8. The van der Waals surface area contributed by atoms with E-state index >= 15 is 0 Å². The van der Waals surface area contributed by atoms with Gasteiger partial charge in [0.15, 0.2) is 0 Å². The molecule has 0 saturated heterocycles. The highest BCUT2D eigenvalue weighted by Gasteiger charge is 2.70. The van der Waals surface area contributed by atoms with E-state index in [4.69, 9.17) is 28.4 Å². The summed E-state index contributed by atoms with van der Waals surface area (Å²) in [5.74, 6) is 8.35. The predicted octanol–water partition coefficient (Wildman–Crippen LogP) is 26.1. The van der Waals surface area contributed by atoms with Gasteiger partial charge in [-0.05, 0) is 303 Å². The molecule has 117 heavy (non-hydrogen) atoms. The molecule has 17 rings (SSSR count). The number of carboxylic acid groups (broad SMARTS) is 1. The summed E-state index contributed by atoms with van der Waals surface area (Å²) in [7, 11) is 0. The average molecular weight is 1600 g/mol. The number of hydrogen-bond acceptors (Lipinski definition) is 12. The maximum Gasteiger partial charge on any atom is 0.339 e. The molecule has 10 aliphatic rings. The summed E-state index contributed by atoms with van der Waals surface area (Å²) in [6.07, 6.45) is 26.9. The van der Waals surface area contributed by atoms with Crippen molar-refractivity contribution >= 4 is 5.97 Å². The molecule has 11 atom stereocenters. The zero-order valence-electron chi connectivity index (χ0n) is 74.2. The third-order valence-corrected chi connectivity index (χ3v) is 28.5. The standard InChI is InChI=1S/C21H24O4.C21H30O3.2C21H30O2.C20H24O2/c1-5-6-7-13-11-16-18(19(22)17(13)20(23)24)14-10-12(2)8-9-15(14)21(3,4)25-16;1-5-6-7-8-14-11-16(22)19-17(12-14)24-20-18(19)15(13(2)3)9-10-21(20,4)23;1-5-6-7-8-14-11-17-19-15-13-21(4,23-18(19)12-14)10-9-16(15)20(2,3)22-17;1-5-6-7-8-13-11-15(22)17-16(12-13)23-21(4)10-9-14-18(21)19(17)20(14,2)3;1-5-6-7-14-11-17(21)19-15-10-13(2)8-9-16(15)20(3,4)22-18(19)12-14/h8-11,22H,5-7H2,1-4H3,(H,23,24);11-12,15,18,20,22-23H,2,5-10H2,1,3-4H3;11-12,15-16H,5-10,13H2,1-4H3;11-12,14,18-19,22H,5-10H2,1-4H3;8-12,21H,5-7H2,1-4H3/t;15-,18+,20-,21-;15-,16-,21-;14?,18-,19-,21-;/m.001./s1. The molecule has 7 aromatic carbocycles. The summed E-state index contributed by atoms with van der Waals surface area (Å²) < 4.78 is 38.1. The van der Waals surface area contributed by atoms with Gasteiger partial charge in [0.05, 0.1) is 16.7 Å². The summed E-state index contributed by atoms with van der Waals surface area (Å²) in [6.45, 7) is 45.0. The molecular formula is C104H138O13. The van der Waals surface area contributed by atoms with Gasteiger partial charge in [0.1, 0.15) is 97.2 Å². The van der Waals surface area contributed by atoms with E-state index in [0.717, 1.165) is 179 Å². The first-order chi connectivity index (χ1) is 55.3. The van der Waals surface area contributed by atoms with E-state index in [1.807, 2.05) is 71.0 Å². The molecule has 4 fully saturated rings. The third kappa shape index (κ3) is 16.9. The minimum Gasteiger partial charge on any atom is -0.508 e. The fraction of sp³-hybridized carbons (Fsp3) is 0.567. The van der Waals surface area contributed by atoms with Crippen molar-refractivity contribution in [1.29, 1.82) is 0 Å². The number of aliphatic hydroxyl groups is 1. The van der Waals surface area contributed by atoms with Crippen molar-refractivity contribution in [2.24, 2.45) is 29.1 Å². The number of aromatic hydroxyl groups is 4. The van der Waals surface area contributed by atoms with Gasteiger partial charge in [0, 0.05) is 57.4 Å². The van der Waals surface area contributed by atoms with E-state index in [0.29, 0.717) is 70.6 Å². The molecule has 0 aromatic heterocycles. The van der Waals surface area contributed by atoms with E-state index in [1.165, 1.54) is 86.5 Å². The van der Waals surface area contributed by atoms with Gasteiger partial charge in [0.2, 0.25) is 0 Å². The molecular weight excluding hydrogens is 1460 g/mol. The number of rotatable bonds is 20. The number of fused-ring (bicyclic) bond motifs is 12. The van der Waals surface area contributed by atoms with Crippen molar-refractivity contribution in [2.75, 3.05) is 0 Å². The van der Waals surface area contributed by atoms with E-state index in [1.54, 1.807) is 6.07 Å². The van der Waals surface area contributed by atoms with Crippen LogP contribution < -0.4 is 28.4 Å². The summed E-state index contributed by atoms with van der Waals surface area (Å²) in [4.78, 5) is 11.8. The Balaban J connectivity index is 0.000000127. The first-order valence-corrected chi connectivity index (χ1v) is 44.9. The fourth-order valence-electron chi connectivity index (χ4n) is 22.3. The Kier molecular flexibility index (Phi) is 24.9. The summed E-state index contributed by atoms with van der Waals surface area (Å²) in [5, 5.41) is 63.3. The van der Waals surface area contributed by atoms with Gasteiger partial charge in [-0.2, -0.15) is 0 Å². The minimum absolute atomic E-state index is 0.00839. The lowest BCUT2D eigenvalue weighted by Crippen LogP contribution is -2.59. The highest BCUT2D eigenvalue weighted by molar-refractivity contribution is 5.98. The number of aryl methyl sites for hydroxylation is 7. The molecule has 1 unspecified atom stereocenters. The molecule has 13 nitrogen and oxygen atoms in total. The first-order valence-electron chi connectivity index (χ1n) is 44.9. The van der Waals surface area contributed by atoms with E-state index in [2.05, 4.69) is 152 Å². The van der Waals surface area contributed by atoms with Crippen LogP contribution in [-0.2, 0) is 43.3 Å². The summed E-state index contributed by atoms with van der Waals surface area (Å²) in [5.41, 5.74) is 15.9. The van der Waals surface area contributed by atoms with Gasteiger partial charge >= 0.3 is 5.97 Å². The second-order valence-corrected chi connectivity index (χ2v) is 39.4. The molecule has 632 valence electrons. The van der Waals surface area contributed by atoms with Gasteiger partial charge in [-0.3, -0.25) is 0 Å². The number of carboxylic acids is 1. The van der Waals surface area contributed by atoms with E-state index < -0.39 is 17.2 Å². The lowest BCUT2D eigenvalue weighted by Gasteiger charge is -2.62. The highest BCUT2D eigenvalue weighted by Crippen LogP contribution is 2.74. The highest BCUT2D eigenvalue weighted by atomic mass is 16.5. The molecule has 6 heterocycles. The van der Waals surface area contributed by atoms with E-state index in [-0.39, 0.29) is 57.1 Å². The smallest absolute Gasteiger partial charge is 0.339 e. The van der Waals surface area contributed by atoms with Crippen molar-refractivity contribution in [3.63, 3.8) is 0 Å². The van der Waals surface area contributed by atoms with Gasteiger partial charge in [-0.15, -0.1) is 0 Å². The predicted molar refractivity (Wildman–Crippen MR) is 471 cm³/mol. The quantitative estimate of drug-likeness (QED) is 0.0312. The number of phenols is 4. The zero-order valence-corrected chi connectivity index (χ0v) is 74.2. The molecule has 4 saturated carbocycles. The number of hydrogen-bond donors (Lipinski definition) is 6. The van der Waals surface area contributed by atoms with Crippen LogP contribution in [0, 0.1) is 42.9 Å². The van der Waals surface area contributed by atoms with Crippen molar-refractivity contribution in [2.45, 2.75) is 350 Å². The number of allylic oxidation sites excluding steroid dienone is 1. The Bertz CT molecular complexity index is 4820. The molecule has 0 radical (unpaired) electrons. The first kappa shape index (κ1) is 86.6. The van der Waals surface area contributed by atoms with Gasteiger partial charge in [0.25, 0.3) is 0 Å². The number of ether oxygens (including phenoxy) is 6. The van der Waals surface area contributed by atoms with Crippen LogP contribution in [0.1, 0.15) is 341 Å². The van der Waals surface area contributed by atoms with Crippen LogP contribution in [0.15, 0.2) is 103 Å². The summed E-state index contributed by atoms with van der Waals surface area (Å²) >= 11 is 0. The van der Waals surface area contributed by atoms with Crippen LogP contribution in [-0.4, -0.2) is 65.1 Å². The number of carbonyl (C=O) groups is 1. The van der Waals surface area contributed by atoms with Crippen LogP contribution in [0.5, 0.6) is 57.5 Å². The Morgan fingerprint density at radius 1 is 0.487 bits per heavy atom. The second kappa shape index (κ2) is 33.7. The van der Waals surface area contributed by atoms with Crippen LogP contribution in [0.25, 0.3) is 22.3 Å². The lowest BCUT2D eigenvalue weighted by molar-refractivity contribution is -0.121. The number of unbranched alkanes of at least 4 members (excludes halogenated alkanes) is 8. The molecule has 0 amide bonds. The van der Waals surface area contributed by atoms with Gasteiger partial charge in [-0.25, -0.2) is 4.79 Å². The van der Waals surface area contributed by atoms with Crippen LogP contribution in [0.4, 0.5) is 0 Å². The van der Waals surface area contributed by atoms with Crippen molar-refractivity contribution in [3.05, 3.63) is 175 Å². The minimum atomic E-state index is -1.11. The maximum absolute atomic E-state index is 11.8. The molecule has 6 aliphatic heterocycles. The zero-order chi connectivity index (χ0) is 84.4. The molecule has 2 bridgehead atoms. The average Bonchev–Trinajstić information content (AvgIpc) is 1.54.